The Bertz CT molecular complexity index is 618. The summed E-state index contributed by atoms with van der Waals surface area (Å²) in [4.78, 5) is 9.52. The Hall–Kier alpha value is -1.94. The Morgan fingerprint density at radius 3 is 2.73 bits per heavy atom. The van der Waals surface area contributed by atoms with Crippen LogP contribution in [0.4, 0.5) is 5.82 Å². The van der Waals surface area contributed by atoms with Crippen LogP contribution in [-0.2, 0) is 6.42 Å². The van der Waals surface area contributed by atoms with Gasteiger partial charge in [0.05, 0.1) is 0 Å². The zero-order valence-electron chi connectivity index (χ0n) is 13.4. The maximum absolute atomic E-state index is 4.82. The van der Waals surface area contributed by atoms with E-state index >= 15 is 0 Å². The zero-order valence-corrected chi connectivity index (χ0v) is 13.4. The van der Waals surface area contributed by atoms with Crippen molar-refractivity contribution < 1.29 is 0 Å². The van der Waals surface area contributed by atoms with E-state index < -0.39 is 0 Å². The molecule has 3 rings (SSSR count). The first kappa shape index (κ1) is 15.0. The van der Waals surface area contributed by atoms with Gasteiger partial charge in [-0.25, -0.2) is 9.97 Å². The molecule has 1 fully saturated rings. The molecule has 116 valence electrons. The summed E-state index contributed by atoms with van der Waals surface area (Å²) < 4.78 is 0. The van der Waals surface area contributed by atoms with Gasteiger partial charge in [0.15, 0.2) is 5.82 Å². The molecule has 1 aliphatic heterocycles. The molecule has 1 unspecified atom stereocenters. The van der Waals surface area contributed by atoms with Crippen LogP contribution in [0.2, 0.25) is 0 Å². The lowest BCUT2D eigenvalue weighted by Crippen LogP contribution is -2.39. The zero-order chi connectivity index (χ0) is 15.4. The molecule has 2 heterocycles. The number of aromatic nitrogens is 2. The number of rotatable bonds is 4. The minimum absolute atomic E-state index is 0.456. The minimum Gasteiger partial charge on any atom is -0.366 e. The van der Waals surface area contributed by atoms with Crippen LogP contribution in [0.3, 0.4) is 0 Å². The van der Waals surface area contributed by atoms with E-state index in [2.05, 4.69) is 36.6 Å². The van der Waals surface area contributed by atoms with Crippen molar-refractivity contribution in [1.29, 1.82) is 0 Å². The van der Waals surface area contributed by atoms with Gasteiger partial charge >= 0.3 is 0 Å². The van der Waals surface area contributed by atoms with E-state index in [1.165, 1.54) is 18.4 Å². The summed E-state index contributed by atoms with van der Waals surface area (Å²) in [5.41, 5.74) is 3.37. The van der Waals surface area contributed by atoms with Gasteiger partial charge in [-0.1, -0.05) is 37.3 Å². The number of hydrogen-bond donors (Lipinski definition) is 2. The van der Waals surface area contributed by atoms with E-state index in [1.807, 2.05) is 18.2 Å². The van der Waals surface area contributed by atoms with Crippen molar-refractivity contribution in [2.45, 2.75) is 39.2 Å². The topological polar surface area (TPSA) is 49.8 Å². The molecular weight excluding hydrogens is 272 g/mol. The Morgan fingerprint density at radius 1 is 1.23 bits per heavy atom. The minimum atomic E-state index is 0.456. The lowest BCUT2D eigenvalue weighted by Gasteiger charge is -2.25. The van der Waals surface area contributed by atoms with Crippen molar-refractivity contribution in [3.63, 3.8) is 0 Å². The van der Waals surface area contributed by atoms with E-state index in [1.54, 1.807) is 0 Å². The Balaban J connectivity index is 1.94. The monoisotopic (exact) mass is 296 g/mol. The largest absolute Gasteiger partial charge is 0.366 e. The fourth-order valence-corrected chi connectivity index (χ4v) is 3.02. The van der Waals surface area contributed by atoms with Crippen LogP contribution in [-0.4, -0.2) is 29.1 Å². The summed E-state index contributed by atoms with van der Waals surface area (Å²) in [5.74, 6) is 1.81. The second-order valence-corrected chi connectivity index (χ2v) is 5.87. The first-order valence-electron chi connectivity index (χ1n) is 8.18. The number of piperidine rings is 1. The van der Waals surface area contributed by atoms with Gasteiger partial charge in [-0.2, -0.15) is 0 Å². The van der Waals surface area contributed by atoms with Gasteiger partial charge in [0.1, 0.15) is 5.82 Å². The van der Waals surface area contributed by atoms with Crippen LogP contribution < -0.4 is 10.6 Å². The van der Waals surface area contributed by atoms with E-state index in [-0.39, 0.29) is 0 Å². The highest BCUT2D eigenvalue weighted by atomic mass is 15.1. The molecule has 0 spiro atoms. The normalized spacial score (nSPS) is 18.2. The molecule has 1 atom stereocenters. The maximum Gasteiger partial charge on any atom is 0.161 e. The summed E-state index contributed by atoms with van der Waals surface area (Å²) >= 11 is 0. The first-order valence-corrected chi connectivity index (χ1v) is 8.18. The summed E-state index contributed by atoms with van der Waals surface area (Å²) in [7, 11) is 0. The van der Waals surface area contributed by atoms with E-state index in [0.29, 0.717) is 6.04 Å². The van der Waals surface area contributed by atoms with Crippen molar-refractivity contribution in [2.24, 2.45) is 0 Å². The smallest absolute Gasteiger partial charge is 0.161 e. The molecule has 0 aliphatic carbocycles. The molecular formula is C18H24N4. The molecule has 22 heavy (non-hydrogen) atoms. The highest BCUT2D eigenvalue weighted by Crippen LogP contribution is 2.24. The van der Waals surface area contributed by atoms with Crippen LogP contribution in [0.1, 0.15) is 31.0 Å². The summed E-state index contributed by atoms with van der Waals surface area (Å²) in [6, 6.07) is 10.7. The van der Waals surface area contributed by atoms with Gasteiger partial charge in [-0.05, 0) is 32.7 Å². The molecule has 0 amide bonds. The third-order valence-corrected chi connectivity index (χ3v) is 4.24. The molecule has 2 aromatic rings. The summed E-state index contributed by atoms with van der Waals surface area (Å²) in [6.07, 6.45) is 3.36. The Morgan fingerprint density at radius 2 is 2.05 bits per heavy atom. The molecule has 4 heteroatoms. The van der Waals surface area contributed by atoms with Gasteiger partial charge < -0.3 is 10.6 Å². The van der Waals surface area contributed by atoms with Gasteiger partial charge in [0.2, 0.25) is 0 Å². The molecule has 1 aliphatic rings. The summed E-state index contributed by atoms with van der Waals surface area (Å²) in [6.45, 7) is 6.37. The molecule has 1 aromatic heterocycles. The molecule has 0 saturated carbocycles. The second kappa shape index (κ2) is 6.88. The van der Waals surface area contributed by atoms with Gasteiger partial charge in [-0.15, -0.1) is 0 Å². The number of anilines is 1. The predicted octanol–water partition coefficient (Wildman–Crippen LogP) is 3.18. The van der Waals surface area contributed by atoms with Crippen molar-refractivity contribution >= 4 is 5.82 Å². The van der Waals surface area contributed by atoms with Crippen LogP contribution in [0.5, 0.6) is 0 Å². The molecule has 4 nitrogen and oxygen atoms in total. The van der Waals surface area contributed by atoms with E-state index in [4.69, 9.17) is 9.97 Å². The average Bonchev–Trinajstić information content (AvgIpc) is 2.56. The standard InChI is InChI=1S/C18H24N4/c1-3-16-13(2)20-17(14-8-5-4-6-9-14)22-18(16)21-15-10-7-11-19-12-15/h4-6,8-9,15,19H,3,7,10-12H2,1-2H3,(H,20,21,22). The average molecular weight is 296 g/mol. The van der Waals surface area contributed by atoms with Crippen molar-refractivity contribution in [1.82, 2.24) is 15.3 Å². The third kappa shape index (κ3) is 3.28. The van der Waals surface area contributed by atoms with E-state index in [0.717, 1.165) is 42.4 Å². The first-order chi connectivity index (χ1) is 10.8. The molecule has 1 saturated heterocycles. The number of benzene rings is 1. The van der Waals surface area contributed by atoms with Gasteiger partial charge in [-0.3, -0.25) is 0 Å². The lowest BCUT2D eigenvalue weighted by atomic mass is 10.1. The Kier molecular flexibility index (Phi) is 4.68. The molecule has 2 N–H and O–H groups in total. The van der Waals surface area contributed by atoms with Crippen LogP contribution in [0.25, 0.3) is 11.4 Å². The van der Waals surface area contributed by atoms with Crippen molar-refractivity contribution in [2.75, 3.05) is 18.4 Å². The number of nitrogens with one attached hydrogen (secondary N) is 2. The number of nitrogens with zero attached hydrogens (tertiary/aromatic N) is 2. The van der Waals surface area contributed by atoms with Gasteiger partial charge in [0, 0.05) is 29.4 Å². The fraction of sp³-hybridized carbons (Fsp3) is 0.444. The van der Waals surface area contributed by atoms with Crippen molar-refractivity contribution in [3.05, 3.63) is 41.6 Å². The SMILES string of the molecule is CCc1c(C)nc(-c2ccccc2)nc1NC1CCCNC1. The van der Waals surface area contributed by atoms with Crippen LogP contribution in [0.15, 0.2) is 30.3 Å². The lowest BCUT2D eigenvalue weighted by molar-refractivity contribution is 0.478. The van der Waals surface area contributed by atoms with Gasteiger partial charge in [0.25, 0.3) is 0 Å². The maximum atomic E-state index is 4.82. The quantitative estimate of drug-likeness (QED) is 0.910. The van der Waals surface area contributed by atoms with Crippen LogP contribution >= 0.6 is 0 Å². The molecule has 0 radical (unpaired) electrons. The van der Waals surface area contributed by atoms with E-state index in [9.17, 15) is 0 Å². The number of aryl methyl sites for hydroxylation is 1. The van der Waals surface area contributed by atoms with Crippen LogP contribution in [0, 0.1) is 6.92 Å². The molecule has 0 bridgehead atoms. The fourth-order valence-electron chi connectivity index (χ4n) is 3.02. The summed E-state index contributed by atoms with van der Waals surface area (Å²) in [5, 5.41) is 7.09. The Labute approximate surface area is 132 Å². The second-order valence-electron chi connectivity index (χ2n) is 5.87. The van der Waals surface area contributed by atoms with Crippen molar-refractivity contribution in [3.8, 4) is 11.4 Å². The highest BCUT2D eigenvalue weighted by Gasteiger charge is 2.17. The molecule has 1 aromatic carbocycles. The highest BCUT2D eigenvalue weighted by molar-refractivity contribution is 5.60. The third-order valence-electron chi connectivity index (χ3n) is 4.24. The predicted molar refractivity (Wildman–Crippen MR) is 91.1 cm³/mol. The number of hydrogen-bond acceptors (Lipinski definition) is 4.